The normalized spacial score (nSPS) is 19.4. The lowest BCUT2D eigenvalue weighted by Gasteiger charge is -2.16. The Hall–Kier alpha value is -1.75. The van der Waals surface area contributed by atoms with Gasteiger partial charge in [0.05, 0.1) is 5.02 Å². The highest BCUT2D eigenvalue weighted by atomic mass is 35.5. The number of carbonyl (C=O) groups is 2. The zero-order valence-corrected chi connectivity index (χ0v) is 11.0. The molecule has 19 heavy (non-hydrogen) atoms. The number of aromatic hydroxyl groups is 1. The van der Waals surface area contributed by atoms with Gasteiger partial charge in [-0.1, -0.05) is 24.1 Å². The highest BCUT2D eigenvalue weighted by Gasteiger charge is 2.24. The van der Waals surface area contributed by atoms with E-state index in [9.17, 15) is 14.7 Å². The van der Waals surface area contributed by atoms with Crippen molar-refractivity contribution in [2.45, 2.75) is 31.7 Å². The van der Waals surface area contributed by atoms with E-state index in [1.807, 2.05) is 0 Å². The van der Waals surface area contributed by atoms with E-state index in [1.165, 1.54) is 6.07 Å². The fourth-order valence-electron chi connectivity index (χ4n) is 2.02. The molecule has 2 rings (SSSR count). The topological polar surface area (TPSA) is 78.4 Å². The summed E-state index contributed by atoms with van der Waals surface area (Å²) >= 11 is 5.91. The van der Waals surface area contributed by atoms with Crippen molar-refractivity contribution in [1.82, 2.24) is 5.32 Å². The van der Waals surface area contributed by atoms with Crippen LogP contribution in [0.15, 0.2) is 18.2 Å². The first-order valence-corrected chi connectivity index (χ1v) is 6.53. The first-order chi connectivity index (χ1) is 9.08. The summed E-state index contributed by atoms with van der Waals surface area (Å²) in [5.41, 5.74) is 0.174. The lowest BCUT2D eigenvalue weighted by atomic mass is 10.1. The van der Waals surface area contributed by atoms with Crippen molar-refractivity contribution >= 4 is 29.1 Å². The molecule has 1 aromatic rings. The number of para-hydroxylation sites is 1. The summed E-state index contributed by atoms with van der Waals surface area (Å²) in [5, 5.41) is 15.1. The van der Waals surface area contributed by atoms with Gasteiger partial charge in [-0.2, -0.15) is 0 Å². The van der Waals surface area contributed by atoms with Crippen LogP contribution in [0.4, 0.5) is 5.69 Å². The molecule has 0 bridgehead atoms. The molecule has 3 N–H and O–H groups in total. The second-order valence-electron chi connectivity index (χ2n) is 4.49. The molecule has 0 aromatic heterocycles. The van der Waals surface area contributed by atoms with Gasteiger partial charge >= 0.3 is 0 Å². The van der Waals surface area contributed by atoms with E-state index in [2.05, 4.69) is 10.6 Å². The average Bonchev–Trinajstić information content (AvgIpc) is 2.58. The SMILES string of the molecule is O=C1CCCC[C@H](C(=O)Nc2c(O)cccc2Cl)N1. The van der Waals surface area contributed by atoms with E-state index in [1.54, 1.807) is 12.1 Å². The Bertz CT molecular complexity index is 484. The van der Waals surface area contributed by atoms with Gasteiger partial charge in [0.1, 0.15) is 17.5 Å². The molecule has 0 spiro atoms. The van der Waals surface area contributed by atoms with Gasteiger partial charge in [0.25, 0.3) is 0 Å². The summed E-state index contributed by atoms with van der Waals surface area (Å²) < 4.78 is 0. The molecule has 1 saturated heterocycles. The lowest BCUT2D eigenvalue weighted by Crippen LogP contribution is -2.42. The summed E-state index contributed by atoms with van der Waals surface area (Å²) in [5.74, 6) is -0.583. The monoisotopic (exact) mass is 282 g/mol. The number of carbonyl (C=O) groups excluding carboxylic acids is 2. The maximum atomic E-state index is 12.1. The Morgan fingerprint density at radius 3 is 2.95 bits per heavy atom. The summed E-state index contributed by atoms with van der Waals surface area (Å²) in [4.78, 5) is 23.5. The third kappa shape index (κ3) is 3.38. The van der Waals surface area contributed by atoms with Gasteiger partial charge in [-0.05, 0) is 25.0 Å². The van der Waals surface area contributed by atoms with Crippen LogP contribution in [0, 0.1) is 0 Å². The van der Waals surface area contributed by atoms with Crippen LogP contribution in [-0.2, 0) is 9.59 Å². The third-order valence-electron chi connectivity index (χ3n) is 3.04. The van der Waals surface area contributed by atoms with Crippen molar-refractivity contribution in [3.63, 3.8) is 0 Å². The summed E-state index contributed by atoms with van der Waals surface area (Å²) in [6, 6.07) is 4.02. The van der Waals surface area contributed by atoms with Crippen molar-refractivity contribution in [2.75, 3.05) is 5.32 Å². The van der Waals surface area contributed by atoms with Crippen molar-refractivity contribution in [1.29, 1.82) is 0 Å². The summed E-state index contributed by atoms with van der Waals surface area (Å²) in [7, 11) is 0. The molecule has 6 heteroatoms. The van der Waals surface area contributed by atoms with Crippen molar-refractivity contribution in [3.05, 3.63) is 23.2 Å². The Labute approximate surface area is 116 Å². The smallest absolute Gasteiger partial charge is 0.247 e. The van der Waals surface area contributed by atoms with Crippen LogP contribution in [0.5, 0.6) is 5.75 Å². The number of phenolic OH excluding ortho intramolecular Hbond substituents is 1. The fraction of sp³-hybridized carbons (Fsp3) is 0.385. The third-order valence-corrected chi connectivity index (χ3v) is 3.35. The molecule has 1 aromatic carbocycles. The molecule has 5 nitrogen and oxygen atoms in total. The first-order valence-electron chi connectivity index (χ1n) is 6.15. The number of nitrogens with one attached hydrogen (secondary N) is 2. The Balaban J connectivity index is 2.10. The quantitative estimate of drug-likeness (QED) is 0.726. The van der Waals surface area contributed by atoms with E-state index in [0.717, 1.165) is 12.8 Å². The molecule has 1 aliphatic heterocycles. The van der Waals surface area contributed by atoms with Gasteiger partial charge in [0, 0.05) is 6.42 Å². The molecule has 1 fully saturated rings. The number of phenols is 1. The first kappa shape index (κ1) is 13.7. The average molecular weight is 283 g/mol. The molecule has 0 aliphatic carbocycles. The van der Waals surface area contributed by atoms with Gasteiger partial charge in [0.15, 0.2) is 0 Å². The van der Waals surface area contributed by atoms with Gasteiger partial charge in [-0.3, -0.25) is 9.59 Å². The Morgan fingerprint density at radius 1 is 1.42 bits per heavy atom. The Kier molecular flexibility index (Phi) is 4.27. The summed E-state index contributed by atoms with van der Waals surface area (Å²) in [6.45, 7) is 0. The van der Waals surface area contributed by atoms with E-state index in [0.29, 0.717) is 12.8 Å². The van der Waals surface area contributed by atoms with Gasteiger partial charge in [0.2, 0.25) is 11.8 Å². The highest BCUT2D eigenvalue weighted by molar-refractivity contribution is 6.34. The van der Waals surface area contributed by atoms with E-state index >= 15 is 0 Å². The van der Waals surface area contributed by atoms with E-state index in [-0.39, 0.29) is 28.3 Å². The molecule has 1 atom stereocenters. The molecule has 1 aliphatic rings. The molecule has 0 saturated carbocycles. The standard InChI is InChI=1S/C13H15ClN2O3/c14-8-4-3-6-10(17)12(8)16-13(19)9-5-1-2-7-11(18)15-9/h3-4,6,9,17H,1-2,5,7H2,(H,15,18)(H,16,19)/t9-/m1/s1. The number of amides is 2. The molecular formula is C13H15ClN2O3. The molecule has 0 unspecified atom stereocenters. The van der Waals surface area contributed by atoms with Gasteiger partial charge < -0.3 is 15.7 Å². The van der Waals surface area contributed by atoms with E-state index < -0.39 is 6.04 Å². The van der Waals surface area contributed by atoms with Crippen LogP contribution >= 0.6 is 11.6 Å². The lowest BCUT2D eigenvalue weighted by molar-refractivity contribution is -0.125. The zero-order valence-electron chi connectivity index (χ0n) is 10.3. The number of hydrogen-bond donors (Lipinski definition) is 3. The minimum Gasteiger partial charge on any atom is -0.506 e. The van der Waals surface area contributed by atoms with Crippen molar-refractivity contribution in [2.24, 2.45) is 0 Å². The molecule has 0 radical (unpaired) electrons. The van der Waals surface area contributed by atoms with Gasteiger partial charge in [-0.25, -0.2) is 0 Å². The maximum absolute atomic E-state index is 12.1. The maximum Gasteiger partial charge on any atom is 0.247 e. The number of benzene rings is 1. The second kappa shape index (κ2) is 5.93. The highest BCUT2D eigenvalue weighted by Crippen LogP contribution is 2.31. The van der Waals surface area contributed by atoms with Crippen LogP contribution in [0.25, 0.3) is 0 Å². The number of rotatable bonds is 2. The predicted octanol–water partition coefficient (Wildman–Crippen LogP) is 2.04. The van der Waals surface area contributed by atoms with Crippen LogP contribution < -0.4 is 10.6 Å². The zero-order chi connectivity index (χ0) is 13.8. The molecule has 1 heterocycles. The van der Waals surface area contributed by atoms with Gasteiger partial charge in [-0.15, -0.1) is 0 Å². The fourth-order valence-corrected chi connectivity index (χ4v) is 2.23. The number of halogens is 1. The predicted molar refractivity (Wildman–Crippen MR) is 72.1 cm³/mol. The van der Waals surface area contributed by atoms with Crippen LogP contribution in [0.3, 0.4) is 0 Å². The number of anilines is 1. The molecular weight excluding hydrogens is 268 g/mol. The minimum atomic E-state index is -0.578. The van der Waals surface area contributed by atoms with Crippen molar-refractivity contribution in [3.8, 4) is 5.75 Å². The minimum absolute atomic E-state index is 0.0965. The number of hydrogen-bond acceptors (Lipinski definition) is 3. The Morgan fingerprint density at radius 2 is 2.21 bits per heavy atom. The molecule has 102 valence electrons. The van der Waals surface area contributed by atoms with Crippen LogP contribution in [0.1, 0.15) is 25.7 Å². The van der Waals surface area contributed by atoms with Crippen LogP contribution in [0.2, 0.25) is 5.02 Å². The molecule has 2 amide bonds. The van der Waals surface area contributed by atoms with Crippen LogP contribution in [-0.4, -0.2) is 23.0 Å². The van der Waals surface area contributed by atoms with Crippen molar-refractivity contribution < 1.29 is 14.7 Å². The second-order valence-corrected chi connectivity index (χ2v) is 4.90. The largest absolute Gasteiger partial charge is 0.506 e. The van der Waals surface area contributed by atoms with E-state index in [4.69, 9.17) is 11.6 Å². The summed E-state index contributed by atoms with van der Waals surface area (Å²) in [6.07, 6.45) is 2.63.